The molecule has 0 heterocycles. The van der Waals surface area contributed by atoms with Gasteiger partial charge in [-0.05, 0) is 46.7 Å². The van der Waals surface area contributed by atoms with Crippen LogP contribution >= 0.6 is 0 Å². The topological polar surface area (TPSA) is 61.6 Å². The first-order chi connectivity index (χ1) is 12.2. The molecule has 1 atom stereocenters. The first kappa shape index (κ1) is 18.3. The molecule has 2 aromatic carbocycles. The molecule has 2 aromatic rings. The van der Waals surface area contributed by atoms with Crippen molar-refractivity contribution < 1.29 is 14.3 Å². The summed E-state index contributed by atoms with van der Waals surface area (Å²) in [4.78, 5) is 11.4. The van der Waals surface area contributed by atoms with Crippen molar-refractivity contribution in [1.29, 1.82) is 0 Å². The average molecular weight is 353 g/mol. The Bertz CT molecular complexity index is 839. The van der Waals surface area contributed by atoms with Gasteiger partial charge in [-0.1, -0.05) is 52.0 Å². The highest BCUT2D eigenvalue weighted by atomic mass is 16.6. The molecule has 1 amide bonds. The van der Waals surface area contributed by atoms with Gasteiger partial charge in [0.05, 0.1) is 7.11 Å². The van der Waals surface area contributed by atoms with Crippen molar-refractivity contribution in [2.75, 3.05) is 7.11 Å². The number of hydrogen-bond acceptors (Lipinski definition) is 3. The maximum absolute atomic E-state index is 11.4. The molecule has 26 heavy (non-hydrogen) atoms. The van der Waals surface area contributed by atoms with E-state index in [2.05, 4.69) is 58.0 Å². The maximum atomic E-state index is 11.4. The predicted molar refractivity (Wildman–Crippen MR) is 103 cm³/mol. The molecule has 0 radical (unpaired) electrons. The number of hydrogen-bond donors (Lipinski definition) is 1. The second-order valence-electron chi connectivity index (χ2n) is 8.01. The molecule has 1 unspecified atom stereocenters. The van der Waals surface area contributed by atoms with Crippen LogP contribution in [0.15, 0.2) is 36.4 Å². The molecule has 0 saturated heterocycles. The zero-order valence-electron chi connectivity index (χ0n) is 16.1. The highest BCUT2D eigenvalue weighted by Gasteiger charge is 2.42. The SMILES string of the molecule is COc1cc2c(cc1-c1cccc(C(C)C)c1)CC(C)(C)C2OC(N)=O. The van der Waals surface area contributed by atoms with E-state index in [9.17, 15) is 4.79 Å². The first-order valence-corrected chi connectivity index (χ1v) is 9.00. The van der Waals surface area contributed by atoms with Crippen LogP contribution in [-0.2, 0) is 11.2 Å². The van der Waals surface area contributed by atoms with Crippen LogP contribution in [0.2, 0.25) is 0 Å². The van der Waals surface area contributed by atoms with Crippen LogP contribution in [0.25, 0.3) is 11.1 Å². The van der Waals surface area contributed by atoms with Crippen molar-refractivity contribution in [3.8, 4) is 16.9 Å². The minimum absolute atomic E-state index is 0.208. The van der Waals surface area contributed by atoms with Crippen LogP contribution in [0.1, 0.15) is 56.4 Å². The van der Waals surface area contributed by atoms with Gasteiger partial charge in [-0.3, -0.25) is 0 Å². The second-order valence-corrected chi connectivity index (χ2v) is 8.01. The molecule has 4 nitrogen and oxygen atoms in total. The molecule has 0 aliphatic heterocycles. The normalized spacial score (nSPS) is 17.8. The molecule has 3 rings (SSSR count). The van der Waals surface area contributed by atoms with Crippen LogP contribution in [0.3, 0.4) is 0 Å². The van der Waals surface area contributed by atoms with Gasteiger partial charge in [0, 0.05) is 11.0 Å². The predicted octanol–water partition coefficient (Wildman–Crippen LogP) is 5.20. The summed E-state index contributed by atoms with van der Waals surface area (Å²) in [7, 11) is 1.67. The maximum Gasteiger partial charge on any atom is 0.405 e. The number of carbonyl (C=O) groups excluding carboxylic acids is 1. The lowest BCUT2D eigenvalue weighted by molar-refractivity contribution is 0.0391. The summed E-state index contributed by atoms with van der Waals surface area (Å²) in [6.07, 6.45) is -0.287. The van der Waals surface area contributed by atoms with Crippen molar-refractivity contribution in [2.45, 2.75) is 46.1 Å². The van der Waals surface area contributed by atoms with Gasteiger partial charge in [0.25, 0.3) is 0 Å². The summed E-state index contributed by atoms with van der Waals surface area (Å²) in [6.45, 7) is 8.55. The number of carbonyl (C=O) groups is 1. The Morgan fingerprint density at radius 1 is 1.23 bits per heavy atom. The third-order valence-electron chi connectivity index (χ3n) is 5.20. The van der Waals surface area contributed by atoms with Crippen LogP contribution in [0, 0.1) is 5.41 Å². The largest absolute Gasteiger partial charge is 0.496 e. The molecule has 0 spiro atoms. The van der Waals surface area contributed by atoms with Crippen LogP contribution in [0.5, 0.6) is 5.75 Å². The molecular formula is C22H27NO3. The van der Waals surface area contributed by atoms with Crippen LogP contribution in [-0.4, -0.2) is 13.2 Å². The van der Waals surface area contributed by atoms with E-state index in [-0.39, 0.29) is 11.5 Å². The molecule has 0 saturated carbocycles. The molecule has 0 aromatic heterocycles. The minimum atomic E-state index is -0.747. The number of amides is 1. The number of methoxy groups -OCH3 is 1. The molecule has 0 bridgehead atoms. The van der Waals surface area contributed by atoms with Crippen molar-refractivity contribution in [3.63, 3.8) is 0 Å². The molecule has 1 aliphatic carbocycles. The lowest BCUT2D eigenvalue weighted by atomic mass is 9.87. The van der Waals surface area contributed by atoms with E-state index < -0.39 is 6.09 Å². The van der Waals surface area contributed by atoms with Gasteiger partial charge in [0.2, 0.25) is 0 Å². The number of nitrogens with two attached hydrogens (primary N) is 1. The van der Waals surface area contributed by atoms with E-state index in [0.29, 0.717) is 5.92 Å². The second kappa shape index (κ2) is 6.67. The molecule has 1 aliphatic rings. The quantitative estimate of drug-likeness (QED) is 0.821. The van der Waals surface area contributed by atoms with E-state index in [1.807, 2.05) is 6.07 Å². The van der Waals surface area contributed by atoms with Gasteiger partial charge < -0.3 is 15.2 Å². The fraction of sp³-hybridized carbons (Fsp3) is 0.409. The summed E-state index contributed by atoms with van der Waals surface area (Å²) in [5, 5.41) is 0. The van der Waals surface area contributed by atoms with E-state index >= 15 is 0 Å². The van der Waals surface area contributed by atoms with Crippen molar-refractivity contribution in [3.05, 3.63) is 53.1 Å². The van der Waals surface area contributed by atoms with Gasteiger partial charge in [0.15, 0.2) is 0 Å². The third kappa shape index (κ3) is 3.28. The summed E-state index contributed by atoms with van der Waals surface area (Å²) in [6, 6.07) is 12.7. The van der Waals surface area contributed by atoms with Gasteiger partial charge >= 0.3 is 6.09 Å². The molecule has 2 N–H and O–H groups in total. The Kier molecular flexibility index (Phi) is 4.70. The lowest BCUT2D eigenvalue weighted by Crippen LogP contribution is -2.25. The lowest BCUT2D eigenvalue weighted by Gasteiger charge is -2.26. The van der Waals surface area contributed by atoms with E-state index in [0.717, 1.165) is 28.9 Å². The standard InChI is InChI=1S/C22H27NO3/c1-13(2)14-7-6-8-15(9-14)17-10-16-12-22(3,4)20(26-21(23)24)18(16)11-19(17)25-5/h6-11,13,20H,12H2,1-5H3,(H2,23,24). The van der Waals surface area contributed by atoms with Crippen molar-refractivity contribution >= 4 is 6.09 Å². The smallest absolute Gasteiger partial charge is 0.405 e. The zero-order chi connectivity index (χ0) is 19.1. The zero-order valence-corrected chi connectivity index (χ0v) is 16.1. The number of primary amides is 1. The highest BCUT2D eigenvalue weighted by molar-refractivity contribution is 5.74. The number of ether oxygens (including phenoxy) is 2. The van der Waals surface area contributed by atoms with Crippen molar-refractivity contribution in [1.82, 2.24) is 0 Å². The van der Waals surface area contributed by atoms with E-state index in [4.69, 9.17) is 15.2 Å². The third-order valence-corrected chi connectivity index (χ3v) is 5.20. The Morgan fingerprint density at radius 3 is 2.58 bits per heavy atom. The fourth-order valence-corrected chi connectivity index (χ4v) is 3.84. The Labute approximate surface area is 155 Å². The van der Waals surface area contributed by atoms with Crippen molar-refractivity contribution in [2.24, 2.45) is 11.1 Å². The fourth-order valence-electron chi connectivity index (χ4n) is 3.84. The van der Waals surface area contributed by atoms with Gasteiger partial charge in [-0.25, -0.2) is 4.79 Å². The highest BCUT2D eigenvalue weighted by Crippen LogP contribution is 2.50. The van der Waals surface area contributed by atoms with Gasteiger partial charge in [-0.2, -0.15) is 0 Å². The summed E-state index contributed by atoms with van der Waals surface area (Å²) < 4.78 is 11.1. The van der Waals surface area contributed by atoms with E-state index in [1.54, 1.807) is 7.11 Å². The monoisotopic (exact) mass is 353 g/mol. The molecular weight excluding hydrogens is 326 g/mol. The van der Waals surface area contributed by atoms with Gasteiger partial charge in [0.1, 0.15) is 11.9 Å². The first-order valence-electron chi connectivity index (χ1n) is 9.00. The molecule has 138 valence electrons. The van der Waals surface area contributed by atoms with E-state index in [1.165, 1.54) is 11.1 Å². The Hall–Kier alpha value is -2.49. The average Bonchev–Trinajstić information content (AvgIpc) is 2.82. The number of rotatable bonds is 4. The Morgan fingerprint density at radius 2 is 1.96 bits per heavy atom. The van der Waals surface area contributed by atoms with Gasteiger partial charge in [-0.15, -0.1) is 0 Å². The summed E-state index contributed by atoms with van der Waals surface area (Å²) in [5.41, 5.74) is 10.7. The number of benzene rings is 2. The summed E-state index contributed by atoms with van der Waals surface area (Å²) in [5.74, 6) is 1.24. The van der Waals surface area contributed by atoms with Crippen LogP contribution in [0.4, 0.5) is 4.79 Å². The summed E-state index contributed by atoms with van der Waals surface area (Å²) >= 11 is 0. The van der Waals surface area contributed by atoms with Crippen LogP contribution < -0.4 is 10.5 Å². The molecule has 4 heteroatoms. The number of fused-ring (bicyclic) bond motifs is 1. The molecule has 0 fully saturated rings. The minimum Gasteiger partial charge on any atom is -0.496 e. The Balaban J connectivity index is 2.11.